The van der Waals surface area contributed by atoms with Gasteiger partial charge in [0.2, 0.25) is 0 Å². The van der Waals surface area contributed by atoms with Gasteiger partial charge in [0.15, 0.2) is 0 Å². The number of anilines is 1. The number of ether oxygens (including phenoxy) is 1. The number of carbonyl (C=O) groups is 1. The number of nitrogen functional groups attached to an aromatic ring is 1. The molecule has 0 atom stereocenters. The number of carbonyl (C=O) groups excluding carboxylic acids is 1. The average Bonchev–Trinajstić information content (AvgIpc) is 2.20. The van der Waals surface area contributed by atoms with E-state index in [0.717, 1.165) is 17.5 Å². The molecule has 0 aliphatic carbocycles. The Morgan fingerprint density at radius 1 is 1.44 bits per heavy atom. The maximum absolute atomic E-state index is 11.6. The summed E-state index contributed by atoms with van der Waals surface area (Å²) < 4.78 is 4.77. The monoisotopic (exact) mass is 221 g/mol. The summed E-state index contributed by atoms with van der Waals surface area (Å²) in [6.45, 7) is 6.22. The summed E-state index contributed by atoms with van der Waals surface area (Å²) in [4.78, 5) is 11.6. The van der Waals surface area contributed by atoms with Crippen LogP contribution in [0.2, 0.25) is 0 Å². The molecular formula is C13H19NO2. The van der Waals surface area contributed by atoms with Crippen LogP contribution < -0.4 is 5.73 Å². The zero-order chi connectivity index (χ0) is 12.3. The van der Waals surface area contributed by atoms with Crippen molar-refractivity contribution < 1.29 is 9.53 Å². The van der Waals surface area contributed by atoms with Gasteiger partial charge in [0.25, 0.3) is 0 Å². The summed E-state index contributed by atoms with van der Waals surface area (Å²) in [5, 5.41) is 0. The number of hydrogen-bond acceptors (Lipinski definition) is 3. The number of methoxy groups -OCH3 is 1. The molecule has 3 heteroatoms. The van der Waals surface area contributed by atoms with Crippen molar-refractivity contribution in [1.82, 2.24) is 0 Å². The molecule has 88 valence electrons. The summed E-state index contributed by atoms with van der Waals surface area (Å²) in [7, 11) is 1.39. The third-order valence-electron chi connectivity index (χ3n) is 2.51. The van der Waals surface area contributed by atoms with Gasteiger partial charge in [0, 0.05) is 5.69 Å². The van der Waals surface area contributed by atoms with E-state index in [1.807, 2.05) is 13.0 Å². The lowest BCUT2D eigenvalue weighted by Crippen LogP contribution is -2.10. The topological polar surface area (TPSA) is 52.3 Å². The lowest BCUT2D eigenvalue weighted by molar-refractivity contribution is 0.0599. The number of rotatable bonds is 3. The first-order chi connectivity index (χ1) is 7.45. The second-order valence-corrected chi connectivity index (χ2v) is 4.45. The summed E-state index contributed by atoms with van der Waals surface area (Å²) in [6, 6.07) is 3.58. The number of benzene rings is 1. The Balaban J connectivity index is 3.26. The molecule has 3 nitrogen and oxygen atoms in total. The first-order valence-corrected chi connectivity index (χ1v) is 5.43. The van der Waals surface area contributed by atoms with Gasteiger partial charge >= 0.3 is 5.97 Å². The minimum absolute atomic E-state index is 0.314. The third kappa shape index (κ3) is 2.75. The van der Waals surface area contributed by atoms with E-state index in [-0.39, 0.29) is 5.97 Å². The van der Waals surface area contributed by atoms with Crippen LogP contribution in [-0.4, -0.2) is 13.1 Å². The molecule has 2 N–H and O–H groups in total. The van der Waals surface area contributed by atoms with E-state index in [0.29, 0.717) is 17.2 Å². The van der Waals surface area contributed by atoms with Crippen molar-refractivity contribution in [3.05, 3.63) is 28.8 Å². The molecule has 0 unspecified atom stereocenters. The minimum atomic E-state index is -0.314. The van der Waals surface area contributed by atoms with E-state index >= 15 is 0 Å². The first-order valence-electron chi connectivity index (χ1n) is 5.43. The maximum atomic E-state index is 11.6. The summed E-state index contributed by atoms with van der Waals surface area (Å²) >= 11 is 0. The normalized spacial score (nSPS) is 10.6. The summed E-state index contributed by atoms with van der Waals surface area (Å²) in [6.07, 6.45) is 0.858. The molecule has 0 saturated carbocycles. The third-order valence-corrected chi connectivity index (χ3v) is 2.51. The molecule has 1 rings (SSSR count). The number of hydrogen-bond donors (Lipinski definition) is 1. The molecule has 0 aliphatic heterocycles. The second-order valence-electron chi connectivity index (χ2n) is 4.45. The molecule has 1 aromatic carbocycles. The van der Waals surface area contributed by atoms with E-state index in [2.05, 4.69) is 13.8 Å². The van der Waals surface area contributed by atoms with E-state index in [1.54, 1.807) is 6.07 Å². The summed E-state index contributed by atoms with van der Waals surface area (Å²) in [5.74, 6) is 0.178. The van der Waals surface area contributed by atoms with Gasteiger partial charge in [-0.1, -0.05) is 13.8 Å². The molecule has 1 aromatic rings. The first kappa shape index (κ1) is 12.6. The average molecular weight is 221 g/mol. The van der Waals surface area contributed by atoms with E-state index in [9.17, 15) is 4.79 Å². The van der Waals surface area contributed by atoms with Crippen LogP contribution in [0.25, 0.3) is 0 Å². The Kier molecular flexibility index (Phi) is 3.93. The zero-order valence-corrected chi connectivity index (χ0v) is 10.3. The SMILES string of the molecule is COC(=O)c1cc(N)cc(C)c1CC(C)C. The highest BCUT2D eigenvalue weighted by atomic mass is 16.5. The molecule has 0 spiro atoms. The molecule has 0 fully saturated rings. The summed E-state index contributed by atoms with van der Waals surface area (Å²) in [5.41, 5.74) is 9.03. The molecule has 16 heavy (non-hydrogen) atoms. The van der Waals surface area contributed by atoms with E-state index in [4.69, 9.17) is 10.5 Å². The van der Waals surface area contributed by atoms with E-state index in [1.165, 1.54) is 7.11 Å². The van der Waals surface area contributed by atoms with Crippen molar-refractivity contribution in [2.75, 3.05) is 12.8 Å². The Hall–Kier alpha value is -1.51. The highest BCUT2D eigenvalue weighted by Crippen LogP contribution is 2.22. The van der Waals surface area contributed by atoms with Crippen LogP contribution in [0.5, 0.6) is 0 Å². The molecule has 0 aliphatic rings. The lowest BCUT2D eigenvalue weighted by atomic mass is 9.93. The largest absolute Gasteiger partial charge is 0.465 e. The van der Waals surface area contributed by atoms with Gasteiger partial charge in [-0.05, 0) is 42.5 Å². The van der Waals surface area contributed by atoms with Gasteiger partial charge in [-0.3, -0.25) is 0 Å². The number of esters is 1. The van der Waals surface area contributed by atoms with Gasteiger partial charge in [-0.2, -0.15) is 0 Å². The predicted molar refractivity (Wildman–Crippen MR) is 65.5 cm³/mol. The second kappa shape index (κ2) is 5.01. The van der Waals surface area contributed by atoms with Crippen molar-refractivity contribution in [1.29, 1.82) is 0 Å². The van der Waals surface area contributed by atoms with Crippen LogP contribution in [0, 0.1) is 12.8 Å². The number of nitrogens with two attached hydrogens (primary N) is 1. The van der Waals surface area contributed by atoms with Gasteiger partial charge in [-0.15, -0.1) is 0 Å². The molecule has 0 amide bonds. The molecule has 0 radical (unpaired) electrons. The van der Waals surface area contributed by atoms with Crippen LogP contribution in [0.1, 0.15) is 35.3 Å². The number of aryl methyl sites for hydroxylation is 1. The Labute approximate surface area is 96.6 Å². The fourth-order valence-corrected chi connectivity index (χ4v) is 1.82. The van der Waals surface area contributed by atoms with Crippen LogP contribution in [0.15, 0.2) is 12.1 Å². The zero-order valence-electron chi connectivity index (χ0n) is 10.3. The van der Waals surface area contributed by atoms with E-state index < -0.39 is 0 Å². The van der Waals surface area contributed by atoms with Crippen molar-refractivity contribution in [2.45, 2.75) is 27.2 Å². The van der Waals surface area contributed by atoms with Crippen molar-refractivity contribution in [3.63, 3.8) is 0 Å². The lowest BCUT2D eigenvalue weighted by Gasteiger charge is -2.14. The minimum Gasteiger partial charge on any atom is -0.465 e. The Morgan fingerprint density at radius 3 is 2.56 bits per heavy atom. The Bertz CT molecular complexity index is 397. The van der Waals surface area contributed by atoms with Gasteiger partial charge in [0.1, 0.15) is 0 Å². The molecular weight excluding hydrogens is 202 g/mol. The molecule has 0 saturated heterocycles. The van der Waals surface area contributed by atoms with Crippen LogP contribution in [0.4, 0.5) is 5.69 Å². The molecule has 0 heterocycles. The highest BCUT2D eigenvalue weighted by molar-refractivity contribution is 5.92. The van der Waals surface area contributed by atoms with Crippen molar-refractivity contribution in [3.8, 4) is 0 Å². The smallest absolute Gasteiger partial charge is 0.338 e. The van der Waals surface area contributed by atoms with Crippen LogP contribution in [0.3, 0.4) is 0 Å². The van der Waals surface area contributed by atoms with Gasteiger partial charge in [-0.25, -0.2) is 4.79 Å². The fourth-order valence-electron chi connectivity index (χ4n) is 1.82. The molecule has 0 bridgehead atoms. The highest BCUT2D eigenvalue weighted by Gasteiger charge is 2.15. The maximum Gasteiger partial charge on any atom is 0.338 e. The van der Waals surface area contributed by atoms with Crippen LogP contribution in [-0.2, 0) is 11.2 Å². The quantitative estimate of drug-likeness (QED) is 0.630. The van der Waals surface area contributed by atoms with Gasteiger partial charge in [0.05, 0.1) is 12.7 Å². The van der Waals surface area contributed by atoms with Gasteiger partial charge < -0.3 is 10.5 Å². The fraction of sp³-hybridized carbons (Fsp3) is 0.462. The van der Waals surface area contributed by atoms with Crippen LogP contribution >= 0.6 is 0 Å². The standard InChI is InChI=1S/C13H19NO2/c1-8(2)5-11-9(3)6-10(14)7-12(11)13(15)16-4/h6-8H,5,14H2,1-4H3. The Morgan fingerprint density at radius 2 is 2.06 bits per heavy atom. The van der Waals surface area contributed by atoms with Crippen molar-refractivity contribution >= 4 is 11.7 Å². The predicted octanol–water partition coefficient (Wildman–Crippen LogP) is 2.56. The van der Waals surface area contributed by atoms with Crippen molar-refractivity contribution in [2.24, 2.45) is 5.92 Å². The molecule has 0 aromatic heterocycles.